The van der Waals surface area contributed by atoms with Gasteiger partial charge in [0, 0.05) is 23.2 Å². The number of amides is 2. The van der Waals surface area contributed by atoms with Crippen LogP contribution in [0.4, 0.5) is 23.7 Å². The maximum Gasteiger partial charge on any atom is 0.416 e. The van der Waals surface area contributed by atoms with E-state index < -0.39 is 29.3 Å². The Morgan fingerprint density at radius 2 is 1.70 bits per heavy atom. The fourth-order valence-electron chi connectivity index (χ4n) is 3.04. The van der Waals surface area contributed by atoms with Crippen LogP contribution in [0.2, 0.25) is 0 Å². The van der Waals surface area contributed by atoms with Gasteiger partial charge in [0.15, 0.2) is 0 Å². The van der Waals surface area contributed by atoms with Crippen molar-refractivity contribution in [2.75, 3.05) is 5.32 Å². The standard InChI is InChI=1S/C22H23F3N2O3/c1-21(2,3)30-20(29)27-18-12-17(18)13-7-9-16(10-8-13)26-19(28)14-5-4-6-15(11-14)22(23,24)25/h4-11,17-18H,12H2,1-3H3,(H,26,28)(H,27,29)/t17-,18+/m0/s1. The number of hydrogen-bond acceptors (Lipinski definition) is 3. The molecule has 1 aliphatic rings. The summed E-state index contributed by atoms with van der Waals surface area (Å²) in [4.78, 5) is 24.1. The largest absolute Gasteiger partial charge is 0.444 e. The first kappa shape index (κ1) is 21.7. The van der Waals surface area contributed by atoms with Crippen LogP contribution in [0.1, 0.15) is 54.6 Å². The molecule has 2 N–H and O–H groups in total. The molecule has 0 heterocycles. The van der Waals surface area contributed by atoms with E-state index in [0.717, 1.165) is 24.1 Å². The average Bonchev–Trinajstić information content (AvgIpc) is 3.39. The lowest BCUT2D eigenvalue weighted by Crippen LogP contribution is -2.34. The molecule has 2 aromatic carbocycles. The van der Waals surface area contributed by atoms with Crippen LogP contribution < -0.4 is 10.6 Å². The molecule has 1 saturated carbocycles. The summed E-state index contributed by atoms with van der Waals surface area (Å²) in [6.07, 6.45) is -4.18. The van der Waals surface area contributed by atoms with Gasteiger partial charge in [-0.2, -0.15) is 13.2 Å². The molecule has 1 fully saturated rings. The number of ether oxygens (including phenoxy) is 1. The summed E-state index contributed by atoms with van der Waals surface area (Å²) < 4.78 is 43.7. The van der Waals surface area contributed by atoms with Gasteiger partial charge in [0.2, 0.25) is 0 Å². The molecular weight excluding hydrogens is 397 g/mol. The van der Waals surface area contributed by atoms with E-state index >= 15 is 0 Å². The van der Waals surface area contributed by atoms with Crippen LogP contribution >= 0.6 is 0 Å². The summed E-state index contributed by atoms with van der Waals surface area (Å²) in [7, 11) is 0. The summed E-state index contributed by atoms with van der Waals surface area (Å²) >= 11 is 0. The van der Waals surface area contributed by atoms with Gasteiger partial charge in [0.25, 0.3) is 5.91 Å². The third-order valence-electron chi connectivity index (χ3n) is 4.54. The van der Waals surface area contributed by atoms with Crippen molar-refractivity contribution < 1.29 is 27.5 Å². The molecule has 30 heavy (non-hydrogen) atoms. The maximum atomic E-state index is 12.8. The quantitative estimate of drug-likeness (QED) is 0.702. The predicted molar refractivity (Wildman–Crippen MR) is 106 cm³/mol. The Balaban J connectivity index is 1.57. The smallest absolute Gasteiger partial charge is 0.416 e. The first-order valence-electron chi connectivity index (χ1n) is 9.50. The SMILES string of the molecule is CC(C)(C)OC(=O)N[C@@H]1C[C@H]1c1ccc(NC(=O)c2cccc(C(F)(F)F)c2)cc1. The molecule has 160 valence electrons. The molecular formula is C22H23F3N2O3. The van der Waals surface area contributed by atoms with Gasteiger partial charge in [0.1, 0.15) is 5.60 Å². The molecule has 2 aromatic rings. The van der Waals surface area contributed by atoms with Gasteiger partial charge in [0.05, 0.1) is 5.56 Å². The molecule has 3 rings (SSSR count). The van der Waals surface area contributed by atoms with E-state index in [4.69, 9.17) is 4.74 Å². The summed E-state index contributed by atoms with van der Waals surface area (Å²) in [5.41, 5.74) is -0.0411. The number of carbonyl (C=O) groups excluding carboxylic acids is 2. The molecule has 0 radical (unpaired) electrons. The van der Waals surface area contributed by atoms with Crippen molar-refractivity contribution >= 4 is 17.7 Å². The minimum absolute atomic E-state index is 0.00889. The highest BCUT2D eigenvalue weighted by Crippen LogP contribution is 2.41. The van der Waals surface area contributed by atoms with Crippen molar-refractivity contribution in [2.45, 2.75) is 50.9 Å². The third kappa shape index (κ3) is 5.75. The lowest BCUT2D eigenvalue weighted by atomic mass is 10.1. The van der Waals surface area contributed by atoms with E-state index in [0.29, 0.717) is 5.69 Å². The molecule has 2 atom stereocenters. The number of anilines is 1. The van der Waals surface area contributed by atoms with Gasteiger partial charge in [-0.3, -0.25) is 4.79 Å². The van der Waals surface area contributed by atoms with Crippen molar-refractivity contribution in [3.8, 4) is 0 Å². The van der Waals surface area contributed by atoms with Crippen molar-refractivity contribution in [1.29, 1.82) is 0 Å². The molecule has 0 aliphatic heterocycles. The molecule has 0 spiro atoms. The zero-order chi connectivity index (χ0) is 22.1. The molecule has 0 saturated heterocycles. The minimum Gasteiger partial charge on any atom is -0.444 e. The summed E-state index contributed by atoms with van der Waals surface area (Å²) in [6.45, 7) is 5.38. The highest BCUT2D eigenvalue weighted by atomic mass is 19.4. The number of hydrogen-bond donors (Lipinski definition) is 2. The van der Waals surface area contributed by atoms with Crippen molar-refractivity contribution in [2.24, 2.45) is 0 Å². The average molecular weight is 420 g/mol. The van der Waals surface area contributed by atoms with Gasteiger partial charge in [-0.1, -0.05) is 18.2 Å². The number of alkyl halides is 3. The number of rotatable bonds is 4. The van der Waals surface area contributed by atoms with Gasteiger partial charge >= 0.3 is 12.3 Å². The molecule has 0 bridgehead atoms. The summed E-state index contributed by atoms with van der Waals surface area (Å²) in [5, 5.41) is 5.42. The zero-order valence-corrected chi connectivity index (χ0v) is 16.8. The minimum atomic E-state index is -4.51. The Hall–Kier alpha value is -3.03. The van der Waals surface area contributed by atoms with Crippen LogP contribution in [-0.4, -0.2) is 23.6 Å². The van der Waals surface area contributed by atoms with Gasteiger partial charge in [-0.25, -0.2) is 4.79 Å². The summed E-state index contributed by atoms with van der Waals surface area (Å²) in [6, 6.07) is 11.3. The van der Waals surface area contributed by atoms with Gasteiger partial charge < -0.3 is 15.4 Å². The van der Waals surface area contributed by atoms with E-state index in [1.54, 1.807) is 32.9 Å². The molecule has 2 amide bonds. The lowest BCUT2D eigenvalue weighted by Gasteiger charge is -2.19. The number of halogens is 3. The third-order valence-corrected chi connectivity index (χ3v) is 4.54. The fourth-order valence-corrected chi connectivity index (χ4v) is 3.04. The second kappa shape index (κ2) is 8.01. The van der Waals surface area contributed by atoms with E-state index in [1.807, 2.05) is 12.1 Å². The van der Waals surface area contributed by atoms with E-state index in [9.17, 15) is 22.8 Å². The Morgan fingerprint density at radius 1 is 1.03 bits per heavy atom. The van der Waals surface area contributed by atoms with Gasteiger partial charge in [-0.15, -0.1) is 0 Å². The molecule has 8 heteroatoms. The van der Waals surface area contributed by atoms with Crippen LogP contribution in [0.3, 0.4) is 0 Å². The maximum absolute atomic E-state index is 12.8. The number of carbonyl (C=O) groups is 2. The normalized spacial score (nSPS) is 18.5. The van der Waals surface area contributed by atoms with E-state index in [1.165, 1.54) is 12.1 Å². The number of alkyl carbamates (subject to hydrolysis) is 1. The molecule has 1 aliphatic carbocycles. The van der Waals surface area contributed by atoms with Crippen molar-refractivity contribution in [3.05, 3.63) is 65.2 Å². The first-order chi connectivity index (χ1) is 13.9. The van der Waals surface area contributed by atoms with Crippen molar-refractivity contribution in [1.82, 2.24) is 5.32 Å². The molecule has 0 unspecified atom stereocenters. The highest BCUT2D eigenvalue weighted by Gasteiger charge is 2.40. The lowest BCUT2D eigenvalue weighted by molar-refractivity contribution is -0.137. The van der Waals surface area contributed by atoms with Crippen LogP contribution in [0.5, 0.6) is 0 Å². The molecule has 0 aromatic heterocycles. The number of benzene rings is 2. The highest BCUT2D eigenvalue weighted by molar-refractivity contribution is 6.04. The Bertz CT molecular complexity index is 934. The number of nitrogens with one attached hydrogen (secondary N) is 2. The van der Waals surface area contributed by atoms with Crippen LogP contribution in [0.25, 0.3) is 0 Å². The second-order valence-corrected chi connectivity index (χ2v) is 8.25. The first-order valence-corrected chi connectivity index (χ1v) is 9.50. The second-order valence-electron chi connectivity index (χ2n) is 8.25. The van der Waals surface area contributed by atoms with E-state index in [2.05, 4.69) is 10.6 Å². The monoisotopic (exact) mass is 420 g/mol. The topological polar surface area (TPSA) is 67.4 Å². The van der Waals surface area contributed by atoms with Gasteiger partial charge in [-0.05, 0) is 63.1 Å². The Kier molecular flexibility index (Phi) is 5.78. The van der Waals surface area contributed by atoms with Crippen LogP contribution in [0, 0.1) is 0 Å². The molecule has 5 nitrogen and oxygen atoms in total. The zero-order valence-electron chi connectivity index (χ0n) is 16.8. The fraction of sp³-hybridized carbons (Fsp3) is 0.364. The van der Waals surface area contributed by atoms with Crippen LogP contribution in [0.15, 0.2) is 48.5 Å². The predicted octanol–water partition coefficient (Wildman–Crippen LogP) is 5.34. The Morgan fingerprint density at radius 3 is 2.30 bits per heavy atom. The van der Waals surface area contributed by atoms with E-state index in [-0.39, 0.29) is 17.5 Å². The summed E-state index contributed by atoms with van der Waals surface area (Å²) in [5.74, 6) is -0.463. The van der Waals surface area contributed by atoms with Crippen molar-refractivity contribution in [3.63, 3.8) is 0 Å². The Labute approximate surface area is 172 Å². The van der Waals surface area contributed by atoms with Crippen LogP contribution in [-0.2, 0) is 10.9 Å².